The molecule has 208 valence electrons. The fraction of sp³-hybridized carbons (Fsp3) is 0. The number of rotatable bonds is 7. The molecule has 2 aromatic heterocycles. The molecular formula is C38H25AlN2O3. The molecular weight excluding hydrogens is 559 g/mol. The maximum Gasteiger partial charge on any atom is 1.20 e. The molecule has 0 aliphatic rings. The number of nitrogens with zero attached hydrogens (tertiary/aromatic N) is 2. The van der Waals surface area contributed by atoms with Gasteiger partial charge >= 0.3 is 15.1 Å². The van der Waals surface area contributed by atoms with Crippen LogP contribution in [0, 0.1) is 0 Å². The van der Waals surface area contributed by atoms with Crippen molar-refractivity contribution in [1.82, 2.24) is 9.97 Å². The van der Waals surface area contributed by atoms with Gasteiger partial charge in [0.1, 0.15) is 0 Å². The molecule has 0 fully saturated rings. The summed E-state index contributed by atoms with van der Waals surface area (Å²) >= 11 is -2.93. The molecule has 8 rings (SSSR count). The predicted molar refractivity (Wildman–Crippen MR) is 178 cm³/mol. The lowest BCUT2D eigenvalue weighted by molar-refractivity contribution is 0.310. The molecule has 44 heavy (non-hydrogen) atoms. The van der Waals surface area contributed by atoms with Gasteiger partial charge in [-0.1, -0.05) is 103 Å². The summed E-state index contributed by atoms with van der Waals surface area (Å²) in [7, 11) is 0. The maximum absolute atomic E-state index is 6.75. The lowest BCUT2D eigenvalue weighted by Crippen LogP contribution is -2.37. The van der Waals surface area contributed by atoms with Gasteiger partial charge in [-0.05, 0) is 58.3 Å². The van der Waals surface area contributed by atoms with Crippen LogP contribution in [0.3, 0.4) is 0 Å². The molecule has 0 aliphatic heterocycles. The van der Waals surface area contributed by atoms with Gasteiger partial charge in [0.05, 0.1) is 28.3 Å². The van der Waals surface area contributed by atoms with Crippen LogP contribution < -0.4 is 11.4 Å². The summed E-state index contributed by atoms with van der Waals surface area (Å²) in [5.41, 5.74) is 4.00. The highest BCUT2D eigenvalue weighted by atomic mass is 27.3. The van der Waals surface area contributed by atoms with Gasteiger partial charge in [-0.15, -0.1) is 0 Å². The molecule has 0 bridgehead atoms. The number of benzene rings is 6. The third kappa shape index (κ3) is 4.97. The summed E-state index contributed by atoms with van der Waals surface area (Å²) in [6.07, 6.45) is 3.62. The van der Waals surface area contributed by atoms with Crippen molar-refractivity contribution in [3.63, 3.8) is 0 Å². The summed E-state index contributed by atoms with van der Waals surface area (Å²) in [5, 5.41) is 6.01. The van der Waals surface area contributed by atoms with Crippen molar-refractivity contribution in [2.75, 3.05) is 0 Å². The molecule has 0 N–H and O–H groups in total. The van der Waals surface area contributed by atoms with Gasteiger partial charge in [0.15, 0.2) is 0 Å². The minimum Gasteiger partial charge on any atom is -0.577 e. The predicted octanol–water partition coefficient (Wildman–Crippen LogP) is 9.28. The maximum atomic E-state index is 6.75. The first-order valence-electron chi connectivity index (χ1n) is 14.5. The van der Waals surface area contributed by atoms with Gasteiger partial charge in [0, 0.05) is 33.9 Å². The van der Waals surface area contributed by atoms with E-state index in [2.05, 4.69) is 72.8 Å². The first-order chi connectivity index (χ1) is 21.8. The van der Waals surface area contributed by atoms with E-state index in [0.717, 1.165) is 54.5 Å². The zero-order valence-electron chi connectivity index (χ0n) is 23.6. The van der Waals surface area contributed by atoms with Gasteiger partial charge in [0.2, 0.25) is 0 Å². The van der Waals surface area contributed by atoms with E-state index in [4.69, 9.17) is 21.3 Å². The van der Waals surface area contributed by atoms with Crippen molar-refractivity contribution in [2.45, 2.75) is 0 Å². The fourth-order valence-corrected chi connectivity index (χ4v) is 7.04. The third-order valence-corrected chi connectivity index (χ3v) is 9.15. The second-order valence-corrected chi connectivity index (χ2v) is 11.8. The van der Waals surface area contributed by atoms with E-state index in [0.29, 0.717) is 17.2 Å². The second kappa shape index (κ2) is 11.4. The Labute approximate surface area is 259 Å². The molecule has 6 aromatic carbocycles. The highest BCUT2D eigenvalue weighted by molar-refractivity contribution is 6.40. The Morgan fingerprint density at radius 2 is 0.886 bits per heavy atom. The van der Waals surface area contributed by atoms with Gasteiger partial charge < -0.3 is 11.4 Å². The smallest absolute Gasteiger partial charge is 0.577 e. The quantitative estimate of drug-likeness (QED) is 0.138. The van der Waals surface area contributed by atoms with Crippen LogP contribution in [0.5, 0.6) is 17.2 Å². The van der Waals surface area contributed by atoms with E-state index in [9.17, 15) is 0 Å². The van der Waals surface area contributed by atoms with Gasteiger partial charge in [0.25, 0.3) is 0 Å². The average Bonchev–Trinajstić information content (AvgIpc) is 3.09. The average molecular weight is 585 g/mol. The lowest BCUT2D eigenvalue weighted by Gasteiger charge is -2.19. The van der Waals surface area contributed by atoms with Crippen LogP contribution in [-0.4, -0.2) is 25.1 Å². The van der Waals surface area contributed by atoms with Gasteiger partial charge in [-0.3, -0.25) is 9.97 Å². The molecule has 2 heterocycles. The van der Waals surface area contributed by atoms with Crippen LogP contribution in [0.2, 0.25) is 0 Å². The minimum atomic E-state index is -2.93. The number of aromatic nitrogens is 2. The molecule has 0 unspecified atom stereocenters. The Kier molecular flexibility index (Phi) is 6.77. The number of pyridine rings is 2. The normalized spacial score (nSPS) is 11.2. The molecule has 0 radical (unpaired) electrons. The topological polar surface area (TPSA) is 53.5 Å². The van der Waals surface area contributed by atoms with Crippen LogP contribution in [0.1, 0.15) is 0 Å². The minimum absolute atomic E-state index is 0.674. The summed E-state index contributed by atoms with van der Waals surface area (Å²) in [5.74, 6) is 2.02. The SMILES string of the molecule is c1ccc(-c2ccc([O][Al]([O]c3cccc4ccc5cccnc5c34)[O]c3cccc4ccc5cccnc5c34)cc2)cc1. The highest BCUT2D eigenvalue weighted by Gasteiger charge is 2.45. The number of hydrogen-bond donors (Lipinski definition) is 0. The van der Waals surface area contributed by atoms with E-state index in [-0.39, 0.29) is 0 Å². The molecule has 8 aromatic rings. The Bertz CT molecular complexity index is 2150. The number of fused-ring (bicyclic) bond motifs is 6. The molecule has 0 saturated carbocycles. The highest BCUT2D eigenvalue weighted by Crippen LogP contribution is 2.35. The Hall–Kier alpha value is -5.41. The van der Waals surface area contributed by atoms with Crippen molar-refractivity contribution in [3.05, 3.63) is 152 Å². The zero-order valence-corrected chi connectivity index (χ0v) is 24.8. The van der Waals surface area contributed by atoms with E-state index >= 15 is 0 Å². The van der Waals surface area contributed by atoms with E-state index < -0.39 is 15.1 Å². The van der Waals surface area contributed by atoms with Crippen molar-refractivity contribution >= 4 is 58.5 Å². The second-order valence-electron chi connectivity index (χ2n) is 10.5. The van der Waals surface area contributed by atoms with Gasteiger partial charge in [-0.2, -0.15) is 0 Å². The Balaban J connectivity index is 1.22. The summed E-state index contributed by atoms with van der Waals surface area (Å²) in [6.45, 7) is 0. The summed E-state index contributed by atoms with van der Waals surface area (Å²) in [4.78, 5) is 9.41. The van der Waals surface area contributed by atoms with Crippen LogP contribution in [-0.2, 0) is 0 Å². The lowest BCUT2D eigenvalue weighted by atomic mass is 10.1. The van der Waals surface area contributed by atoms with Crippen molar-refractivity contribution in [3.8, 4) is 28.4 Å². The largest absolute Gasteiger partial charge is 1.20 e. The molecule has 0 aliphatic carbocycles. The van der Waals surface area contributed by atoms with Gasteiger partial charge in [-0.25, -0.2) is 0 Å². The van der Waals surface area contributed by atoms with Crippen LogP contribution in [0.25, 0.3) is 54.5 Å². The van der Waals surface area contributed by atoms with E-state index in [1.807, 2.05) is 79.1 Å². The van der Waals surface area contributed by atoms with Crippen LogP contribution in [0.4, 0.5) is 0 Å². The van der Waals surface area contributed by atoms with Crippen molar-refractivity contribution in [2.24, 2.45) is 0 Å². The molecule has 0 spiro atoms. The third-order valence-electron chi connectivity index (χ3n) is 7.79. The fourth-order valence-electron chi connectivity index (χ4n) is 5.71. The zero-order chi connectivity index (χ0) is 29.3. The summed E-state index contributed by atoms with van der Waals surface area (Å²) in [6, 6.07) is 46.7. The number of hydrogen-bond acceptors (Lipinski definition) is 5. The molecule has 5 nitrogen and oxygen atoms in total. The van der Waals surface area contributed by atoms with Crippen molar-refractivity contribution in [1.29, 1.82) is 0 Å². The first-order valence-corrected chi connectivity index (χ1v) is 15.9. The van der Waals surface area contributed by atoms with E-state index in [1.54, 1.807) is 0 Å². The van der Waals surface area contributed by atoms with E-state index in [1.165, 1.54) is 0 Å². The molecule has 0 amide bonds. The van der Waals surface area contributed by atoms with Crippen LogP contribution in [0.15, 0.2) is 152 Å². The molecule has 0 atom stereocenters. The summed E-state index contributed by atoms with van der Waals surface area (Å²) < 4.78 is 20.1. The molecule has 0 saturated heterocycles. The molecule has 6 heteroatoms. The first kappa shape index (κ1) is 26.2. The Morgan fingerprint density at radius 1 is 0.386 bits per heavy atom. The Morgan fingerprint density at radius 3 is 1.45 bits per heavy atom. The van der Waals surface area contributed by atoms with Crippen LogP contribution >= 0.6 is 0 Å². The standard InChI is InChI=1S/2C13H9NO.C12H10O.Al/c2*15-11-5-1-3-9-6-7-10-4-2-8-14-13(10)12(9)11;13-12-8-6-11(7-9-12)10-4-2-1-3-5-10;/h2*1-8,15H;1-9,13H;/q;;;+3/p-3. The monoisotopic (exact) mass is 584 g/mol. The van der Waals surface area contributed by atoms with Crippen molar-refractivity contribution < 1.29 is 11.4 Å².